The highest BCUT2D eigenvalue weighted by atomic mass is 16.4. The van der Waals surface area contributed by atoms with Crippen LogP contribution < -0.4 is 5.32 Å². The van der Waals surface area contributed by atoms with Crippen molar-refractivity contribution in [2.75, 3.05) is 6.54 Å². The summed E-state index contributed by atoms with van der Waals surface area (Å²) in [5, 5.41) is 20.9. The molecule has 1 aromatic rings. The third kappa shape index (κ3) is 3.98. The molecule has 19 heavy (non-hydrogen) atoms. The Morgan fingerprint density at radius 3 is 2.42 bits per heavy atom. The van der Waals surface area contributed by atoms with E-state index >= 15 is 0 Å². The molecule has 1 atom stereocenters. The minimum absolute atomic E-state index is 0.0567. The summed E-state index contributed by atoms with van der Waals surface area (Å²) in [6.07, 6.45) is 0. The fourth-order valence-corrected chi connectivity index (χ4v) is 1.81. The second-order valence-corrected chi connectivity index (χ2v) is 4.90. The van der Waals surface area contributed by atoms with Gasteiger partial charge in [-0.25, -0.2) is 0 Å². The number of hydrogen-bond donors (Lipinski definition) is 3. The summed E-state index contributed by atoms with van der Waals surface area (Å²) in [5.41, 5.74) is 1.08. The zero-order chi connectivity index (χ0) is 14.6. The highest BCUT2D eigenvalue weighted by Gasteiger charge is 2.22. The molecule has 1 aromatic carbocycles. The van der Waals surface area contributed by atoms with Gasteiger partial charge in [-0.1, -0.05) is 13.8 Å². The maximum Gasteiger partial charge on any atom is 0.308 e. The van der Waals surface area contributed by atoms with Gasteiger partial charge in [0.25, 0.3) is 5.91 Å². The van der Waals surface area contributed by atoms with Crippen LogP contribution in [-0.4, -0.2) is 28.6 Å². The quantitative estimate of drug-likeness (QED) is 0.757. The number of hydrogen-bond acceptors (Lipinski definition) is 3. The molecule has 0 aliphatic heterocycles. The Morgan fingerprint density at radius 2 is 1.95 bits per heavy atom. The number of nitrogens with one attached hydrogen (secondary N) is 1. The third-order valence-electron chi connectivity index (χ3n) is 3.06. The SMILES string of the molecule is Cc1cc(O)ccc1C(=O)NCC(C(=O)O)C(C)C. The predicted molar refractivity (Wildman–Crippen MR) is 71.1 cm³/mol. The van der Waals surface area contributed by atoms with E-state index in [2.05, 4.69) is 5.32 Å². The molecule has 1 amide bonds. The number of benzene rings is 1. The average Bonchev–Trinajstić information content (AvgIpc) is 2.27. The van der Waals surface area contributed by atoms with Gasteiger partial charge in [-0.15, -0.1) is 0 Å². The number of phenolic OH excluding ortho intramolecular Hbond substituents is 1. The summed E-state index contributed by atoms with van der Waals surface area (Å²) in [5.74, 6) is -1.82. The zero-order valence-electron chi connectivity index (χ0n) is 11.3. The molecule has 5 nitrogen and oxygen atoms in total. The number of carbonyl (C=O) groups is 2. The van der Waals surface area contributed by atoms with Crippen LogP contribution in [0.25, 0.3) is 0 Å². The minimum atomic E-state index is -0.919. The first-order valence-electron chi connectivity index (χ1n) is 6.13. The van der Waals surface area contributed by atoms with Crippen molar-refractivity contribution in [3.05, 3.63) is 29.3 Å². The van der Waals surface area contributed by atoms with E-state index < -0.39 is 11.9 Å². The molecule has 1 unspecified atom stereocenters. The zero-order valence-corrected chi connectivity index (χ0v) is 11.3. The summed E-state index contributed by atoms with van der Waals surface area (Å²) < 4.78 is 0. The van der Waals surface area contributed by atoms with Crippen molar-refractivity contribution in [1.82, 2.24) is 5.32 Å². The van der Waals surface area contributed by atoms with Gasteiger partial charge in [-0.2, -0.15) is 0 Å². The average molecular weight is 265 g/mol. The number of phenols is 1. The molecule has 104 valence electrons. The van der Waals surface area contributed by atoms with Crippen LogP contribution >= 0.6 is 0 Å². The lowest BCUT2D eigenvalue weighted by Gasteiger charge is -2.17. The largest absolute Gasteiger partial charge is 0.508 e. The number of aromatic hydroxyl groups is 1. The highest BCUT2D eigenvalue weighted by molar-refractivity contribution is 5.96. The molecule has 0 spiro atoms. The van der Waals surface area contributed by atoms with Crippen molar-refractivity contribution in [2.24, 2.45) is 11.8 Å². The third-order valence-corrected chi connectivity index (χ3v) is 3.06. The Labute approximate surface area is 112 Å². The molecular formula is C14H19NO4. The van der Waals surface area contributed by atoms with Crippen LogP contribution in [0.2, 0.25) is 0 Å². The Hall–Kier alpha value is -2.04. The smallest absolute Gasteiger partial charge is 0.308 e. The number of carboxylic acid groups (broad SMARTS) is 1. The van der Waals surface area contributed by atoms with Gasteiger partial charge in [-0.3, -0.25) is 9.59 Å². The van der Waals surface area contributed by atoms with E-state index in [0.29, 0.717) is 11.1 Å². The molecule has 0 radical (unpaired) electrons. The number of amides is 1. The number of carbonyl (C=O) groups excluding carboxylic acids is 1. The van der Waals surface area contributed by atoms with Gasteiger partial charge < -0.3 is 15.5 Å². The first-order chi connectivity index (χ1) is 8.82. The topological polar surface area (TPSA) is 86.6 Å². The second-order valence-electron chi connectivity index (χ2n) is 4.90. The van der Waals surface area contributed by atoms with Crippen LogP contribution in [0.3, 0.4) is 0 Å². The molecule has 0 saturated carbocycles. The Balaban J connectivity index is 2.72. The van der Waals surface area contributed by atoms with Crippen molar-refractivity contribution < 1.29 is 19.8 Å². The number of aryl methyl sites for hydroxylation is 1. The molecule has 0 aliphatic carbocycles. The number of carboxylic acids is 1. The maximum atomic E-state index is 11.9. The molecule has 0 bridgehead atoms. The van der Waals surface area contributed by atoms with E-state index in [1.807, 2.05) is 0 Å². The van der Waals surface area contributed by atoms with Crippen molar-refractivity contribution >= 4 is 11.9 Å². The monoisotopic (exact) mass is 265 g/mol. The van der Waals surface area contributed by atoms with Crippen LogP contribution in [0.5, 0.6) is 5.75 Å². The number of aliphatic carboxylic acids is 1. The number of rotatable bonds is 5. The molecular weight excluding hydrogens is 246 g/mol. The summed E-state index contributed by atoms with van der Waals surface area (Å²) in [6, 6.07) is 4.44. The molecule has 3 N–H and O–H groups in total. The standard InChI is InChI=1S/C14H19NO4/c1-8(2)12(14(18)19)7-15-13(17)11-5-4-10(16)6-9(11)3/h4-6,8,12,16H,7H2,1-3H3,(H,15,17)(H,18,19). The Bertz CT molecular complexity index is 482. The second kappa shape index (κ2) is 6.22. The molecule has 0 heterocycles. The van der Waals surface area contributed by atoms with E-state index in [-0.39, 0.29) is 24.1 Å². The van der Waals surface area contributed by atoms with E-state index in [0.717, 1.165) is 0 Å². The summed E-state index contributed by atoms with van der Waals surface area (Å²) >= 11 is 0. The summed E-state index contributed by atoms with van der Waals surface area (Å²) in [6.45, 7) is 5.41. The molecule has 0 aromatic heterocycles. The molecule has 1 rings (SSSR count). The van der Waals surface area contributed by atoms with Crippen molar-refractivity contribution in [3.8, 4) is 5.75 Å². The normalized spacial score (nSPS) is 12.2. The molecule has 0 saturated heterocycles. The lowest BCUT2D eigenvalue weighted by molar-refractivity contribution is -0.142. The van der Waals surface area contributed by atoms with Gasteiger partial charge >= 0.3 is 5.97 Å². The van der Waals surface area contributed by atoms with Crippen molar-refractivity contribution in [2.45, 2.75) is 20.8 Å². The Morgan fingerprint density at radius 1 is 1.32 bits per heavy atom. The van der Waals surface area contributed by atoms with E-state index in [1.54, 1.807) is 20.8 Å². The van der Waals surface area contributed by atoms with Gasteiger partial charge in [0.2, 0.25) is 0 Å². The molecule has 0 fully saturated rings. The lowest BCUT2D eigenvalue weighted by atomic mass is 9.96. The highest BCUT2D eigenvalue weighted by Crippen LogP contribution is 2.16. The molecule has 0 aliphatic rings. The van der Waals surface area contributed by atoms with E-state index in [9.17, 15) is 14.7 Å². The van der Waals surface area contributed by atoms with Crippen molar-refractivity contribution in [1.29, 1.82) is 0 Å². The molecule has 5 heteroatoms. The van der Waals surface area contributed by atoms with E-state index in [4.69, 9.17) is 5.11 Å². The van der Waals surface area contributed by atoms with Crippen LogP contribution in [-0.2, 0) is 4.79 Å². The van der Waals surface area contributed by atoms with Gasteiger partial charge in [-0.05, 0) is 36.6 Å². The van der Waals surface area contributed by atoms with Crippen LogP contribution in [0.15, 0.2) is 18.2 Å². The lowest BCUT2D eigenvalue weighted by Crippen LogP contribution is -2.35. The van der Waals surface area contributed by atoms with Crippen LogP contribution in [0.1, 0.15) is 29.8 Å². The first kappa shape index (κ1) is 15.0. The fraction of sp³-hybridized carbons (Fsp3) is 0.429. The fourth-order valence-electron chi connectivity index (χ4n) is 1.81. The van der Waals surface area contributed by atoms with Gasteiger partial charge in [0, 0.05) is 12.1 Å². The van der Waals surface area contributed by atoms with E-state index in [1.165, 1.54) is 18.2 Å². The first-order valence-corrected chi connectivity index (χ1v) is 6.13. The van der Waals surface area contributed by atoms with Crippen LogP contribution in [0.4, 0.5) is 0 Å². The summed E-state index contributed by atoms with van der Waals surface area (Å²) in [4.78, 5) is 23.0. The minimum Gasteiger partial charge on any atom is -0.508 e. The predicted octanol–water partition coefficient (Wildman–Crippen LogP) is 1.79. The summed E-state index contributed by atoms with van der Waals surface area (Å²) in [7, 11) is 0. The van der Waals surface area contributed by atoms with Gasteiger partial charge in [0.15, 0.2) is 0 Å². The van der Waals surface area contributed by atoms with Gasteiger partial charge in [0.1, 0.15) is 5.75 Å². The van der Waals surface area contributed by atoms with Crippen molar-refractivity contribution in [3.63, 3.8) is 0 Å². The van der Waals surface area contributed by atoms with Crippen LogP contribution in [0, 0.1) is 18.8 Å². The van der Waals surface area contributed by atoms with Gasteiger partial charge in [0.05, 0.1) is 5.92 Å². The maximum absolute atomic E-state index is 11.9. The Kier molecular flexibility index (Phi) is 4.92.